The van der Waals surface area contributed by atoms with Crippen LogP contribution < -0.4 is 5.43 Å². The first-order valence-corrected chi connectivity index (χ1v) is 3.91. The number of nitrogens with one attached hydrogen (secondary N) is 1. The van der Waals surface area contributed by atoms with Gasteiger partial charge >= 0.3 is 6.18 Å². The highest BCUT2D eigenvalue weighted by molar-refractivity contribution is 5.79. The Bertz CT molecular complexity index is 331. The molecule has 0 heterocycles. The lowest BCUT2D eigenvalue weighted by atomic mass is 10.1. The van der Waals surface area contributed by atoms with Crippen LogP contribution in [0.4, 0.5) is 13.2 Å². The van der Waals surface area contributed by atoms with E-state index in [0.29, 0.717) is 5.56 Å². The van der Waals surface area contributed by atoms with Crippen LogP contribution in [0.5, 0.6) is 0 Å². The second-order valence-electron chi connectivity index (χ2n) is 2.61. The van der Waals surface area contributed by atoms with E-state index in [1.54, 1.807) is 13.1 Å². The number of hydrazone groups is 1. The average Bonchev–Trinajstić information content (AvgIpc) is 2.14. The molecule has 0 amide bonds. The van der Waals surface area contributed by atoms with Crippen molar-refractivity contribution >= 4 is 6.21 Å². The van der Waals surface area contributed by atoms with Crippen LogP contribution in [-0.4, -0.2) is 13.3 Å². The maximum absolute atomic E-state index is 12.2. The van der Waals surface area contributed by atoms with E-state index in [1.165, 1.54) is 12.3 Å². The highest BCUT2D eigenvalue weighted by atomic mass is 19.4. The van der Waals surface area contributed by atoms with Crippen molar-refractivity contribution in [3.8, 4) is 0 Å². The monoisotopic (exact) mass is 202 g/mol. The maximum Gasteiger partial charge on any atom is 0.416 e. The van der Waals surface area contributed by atoms with E-state index in [-0.39, 0.29) is 0 Å². The SMILES string of the molecule is CN/N=C/c1cccc(C(F)(F)F)c1. The van der Waals surface area contributed by atoms with Gasteiger partial charge < -0.3 is 5.43 Å². The van der Waals surface area contributed by atoms with Crippen LogP contribution in [0.1, 0.15) is 11.1 Å². The summed E-state index contributed by atoms with van der Waals surface area (Å²) in [7, 11) is 1.57. The molecule has 76 valence electrons. The van der Waals surface area contributed by atoms with Crippen LogP contribution in [0.25, 0.3) is 0 Å². The molecule has 0 spiro atoms. The third-order valence-electron chi connectivity index (χ3n) is 1.56. The predicted molar refractivity (Wildman–Crippen MR) is 48.1 cm³/mol. The minimum atomic E-state index is -4.30. The fraction of sp³-hybridized carbons (Fsp3) is 0.222. The molecule has 1 aromatic carbocycles. The first kappa shape index (κ1) is 10.6. The molecule has 1 aromatic rings. The summed E-state index contributed by atoms with van der Waals surface area (Å²) in [5.74, 6) is 0. The summed E-state index contributed by atoms with van der Waals surface area (Å²) in [4.78, 5) is 0. The van der Waals surface area contributed by atoms with Crippen molar-refractivity contribution in [3.05, 3.63) is 35.4 Å². The molecule has 0 saturated carbocycles. The minimum Gasteiger partial charge on any atom is -0.313 e. The zero-order valence-corrected chi connectivity index (χ0v) is 7.47. The molecule has 0 aliphatic carbocycles. The van der Waals surface area contributed by atoms with E-state index in [1.807, 2.05) is 0 Å². The summed E-state index contributed by atoms with van der Waals surface area (Å²) in [5.41, 5.74) is 2.20. The van der Waals surface area contributed by atoms with Gasteiger partial charge in [-0.15, -0.1) is 0 Å². The molecule has 1 N–H and O–H groups in total. The lowest BCUT2D eigenvalue weighted by molar-refractivity contribution is -0.137. The number of nitrogens with zero attached hydrogens (tertiary/aromatic N) is 1. The Morgan fingerprint density at radius 1 is 1.36 bits per heavy atom. The maximum atomic E-state index is 12.2. The van der Waals surface area contributed by atoms with Gasteiger partial charge in [-0.05, 0) is 17.7 Å². The largest absolute Gasteiger partial charge is 0.416 e. The van der Waals surface area contributed by atoms with Crippen LogP contribution in [0.15, 0.2) is 29.4 Å². The fourth-order valence-electron chi connectivity index (χ4n) is 0.934. The average molecular weight is 202 g/mol. The lowest BCUT2D eigenvalue weighted by Gasteiger charge is -2.06. The first-order chi connectivity index (χ1) is 6.54. The van der Waals surface area contributed by atoms with E-state index in [0.717, 1.165) is 12.1 Å². The molecule has 14 heavy (non-hydrogen) atoms. The molecule has 0 aromatic heterocycles. The molecular formula is C9H9F3N2. The van der Waals surface area contributed by atoms with Gasteiger partial charge in [0.2, 0.25) is 0 Å². The van der Waals surface area contributed by atoms with Crippen LogP contribution in [0, 0.1) is 0 Å². The summed E-state index contributed by atoms with van der Waals surface area (Å²) in [6, 6.07) is 4.97. The Kier molecular flexibility index (Phi) is 3.11. The topological polar surface area (TPSA) is 24.4 Å². The minimum absolute atomic E-state index is 0.411. The van der Waals surface area contributed by atoms with Crippen LogP contribution in [0.2, 0.25) is 0 Å². The Labute approximate surface area is 79.4 Å². The molecular weight excluding hydrogens is 193 g/mol. The first-order valence-electron chi connectivity index (χ1n) is 3.91. The van der Waals surface area contributed by atoms with Gasteiger partial charge in [0.1, 0.15) is 0 Å². The molecule has 0 aliphatic heterocycles. The van der Waals surface area contributed by atoms with E-state index in [9.17, 15) is 13.2 Å². The molecule has 0 radical (unpaired) electrons. The second kappa shape index (κ2) is 4.13. The van der Waals surface area contributed by atoms with E-state index in [2.05, 4.69) is 10.5 Å². The molecule has 0 bridgehead atoms. The summed E-state index contributed by atoms with van der Waals surface area (Å²) >= 11 is 0. The highest BCUT2D eigenvalue weighted by Crippen LogP contribution is 2.29. The van der Waals surface area contributed by atoms with E-state index < -0.39 is 11.7 Å². The Morgan fingerprint density at radius 2 is 2.07 bits per heavy atom. The number of rotatable bonds is 2. The molecule has 0 aliphatic rings. The zero-order chi connectivity index (χ0) is 10.6. The molecule has 0 saturated heterocycles. The summed E-state index contributed by atoms with van der Waals surface area (Å²) in [5, 5.41) is 3.62. The quantitative estimate of drug-likeness (QED) is 0.577. The normalized spacial score (nSPS) is 12.0. The summed E-state index contributed by atoms with van der Waals surface area (Å²) in [6.07, 6.45) is -2.97. The van der Waals surface area contributed by atoms with E-state index >= 15 is 0 Å². The van der Waals surface area contributed by atoms with Crippen molar-refractivity contribution in [3.63, 3.8) is 0 Å². The predicted octanol–water partition coefficient (Wildman–Crippen LogP) is 2.26. The van der Waals surface area contributed by atoms with Crippen LogP contribution >= 0.6 is 0 Å². The van der Waals surface area contributed by atoms with Gasteiger partial charge in [0.15, 0.2) is 0 Å². The smallest absolute Gasteiger partial charge is 0.313 e. The second-order valence-corrected chi connectivity index (χ2v) is 2.61. The van der Waals surface area contributed by atoms with Gasteiger partial charge in [-0.1, -0.05) is 12.1 Å². The Balaban J connectivity index is 2.96. The van der Waals surface area contributed by atoms with Crippen molar-refractivity contribution in [1.82, 2.24) is 5.43 Å². The van der Waals surface area contributed by atoms with Gasteiger partial charge in [-0.25, -0.2) is 0 Å². The Morgan fingerprint density at radius 3 is 2.64 bits per heavy atom. The van der Waals surface area contributed by atoms with Crippen molar-refractivity contribution in [2.24, 2.45) is 5.10 Å². The molecule has 0 unspecified atom stereocenters. The van der Waals surface area contributed by atoms with Crippen LogP contribution in [0.3, 0.4) is 0 Å². The van der Waals surface area contributed by atoms with Crippen molar-refractivity contribution in [2.45, 2.75) is 6.18 Å². The number of alkyl halides is 3. The number of halogens is 3. The third-order valence-corrected chi connectivity index (χ3v) is 1.56. The molecule has 2 nitrogen and oxygen atoms in total. The molecule has 0 atom stereocenters. The molecule has 1 rings (SSSR count). The van der Waals surface area contributed by atoms with Gasteiger partial charge in [0.25, 0.3) is 0 Å². The lowest BCUT2D eigenvalue weighted by Crippen LogP contribution is -2.05. The Hall–Kier alpha value is -1.52. The van der Waals surface area contributed by atoms with Gasteiger partial charge in [0.05, 0.1) is 11.8 Å². The summed E-state index contributed by atoms with van der Waals surface area (Å²) < 4.78 is 36.7. The van der Waals surface area contributed by atoms with Crippen molar-refractivity contribution in [2.75, 3.05) is 7.05 Å². The van der Waals surface area contributed by atoms with Crippen LogP contribution in [-0.2, 0) is 6.18 Å². The van der Waals surface area contributed by atoms with E-state index in [4.69, 9.17) is 0 Å². The molecule has 5 heteroatoms. The van der Waals surface area contributed by atoms with Crippen molar-refractivity contribution in [1.29, 1.82) is 0 Å². The van der Waals surface area contributed by atoms with Crippen molar-refractivity contribution < 1.29 is 13.2 Å². The van der Waals surface area contributed by atoms with Gasteiger partial charge in [0, 0.05) is 7.05 Å². The number of hydrogen-bond donors (Lipinski definition) is 1. The van der Waals surface area contributed by atoms with Gasteiger partial charge in [-0.3, -0.25) is 0 Å². The standard InChI is InChI=1S/C9H9F3N2/c1-13-14-6-7-3-2-4-8(5-7)9(10,11)12/h2-6,13H,1H3/b14-6+. The number of hydrogen-bond acceptors (Lipinski definition) is 2. The summed E-state index contributed by atoms with van der Waals surface area (Å²) in [6.45, 7) is 0. The zero-order valence-electron chi connectivity index (χ0n) is 7.47. The fourth-order valence-corrected chi connectivity index (χ4v) is 0.934. The molecule has 0 fully saturated rings. The van der Waals surface area contributed by atoms with Gasteiger partial charge in [-0.2, -0.15) is 18.3 Å². The third kappa shape index (κ3) is 2.76. The number of benzene rings is 1. The highest BCUT2D eigenvalue weighted by Gasteiger charge is 2.30.